The van der Waals surface area contributed by atoms with Crippen molar-refractivity contribution in [2.24, 2.45) is 21.1 Å². The molecule has 0 aliphatic carbocycles. The summed E-state index contributed by atoms with van der Waals surface area (Å²) in [6.45, 7) is 1.95. The van der Waals surface area contributed by atoms with Crippen LogP contribution in [-0.4, -0.2) is 50.1 Å². The molecular formula is C53H42Cl3FN8O3. The number of imidazole rings is 2. The summed E-state index contributed by atoms with van der Waals surface area (Å²) < 4.78 is 21.8. The monoisotopic (exact) mass is 962 g/mol. The molecular weight excluding hydrogens is 922 g/mol. The van der Waals surface area contributed by atoms with E-state index in [9.17, 15) is 15.0 Å². The minimum absolute atomic E-state index is 0.0476. The van der Waals surface area contributed by atoms with Crippen molar-refractivity contribution in [1.29, 1.82) is 0 Å². The highest BCUT2D eigenvalue weighted by atomic mass is 35.5. The molecule has 10 rings (SSSR count). The Labute approximate surface area is 405 Å². The predicted octanol–water partition coefficient (Wildman–Crippen LogP) is 9.80. The topological polar surface area (TPSA) is 127 Å². The van der Waals surface area contributed by atoms with Crippen LogP contribution in [0.25, 0.3) is 27.6 Å². The van der Waals surface area contributed by atoms with Gasteiger partial charge in [-0.1, -0.05) is 89.4 Å². The second-order valence-corrected chi connectivity index (χ2v) is 18.5. The number of aromatic nitrogens is 7. The van der Waals surface area contributed by atoms with Crippen LogP contribution in [0, 0.1) is 12.7 Å². The van der Waals surface area contributed by atoms with Crippen molar-refractivity contribution in [3.05, 3.63) is 235 Å². The number of anilines is 1. The Kier molecular flexibility index (Phi) is 11.4. The molecule has 0 amide bonds. The molecule has 3 atom stereocenters. The van der Waals surface area contributed by atoms with Gasteiger partial charge in [-0.05, 0) is 89.3 Å². The fraction of sp³-hybridized carbons (Fsp3) is 0.151. The van der Waals surface area contributed by atoms with Crippen molar-refractivity contribution in [2.45, 2.75) is 30.2 Å². The molecule has 0 fully saturated rings. The Bertz CT molecular complexity index is 3520. The first-order chi connectivity index (χ1) is 32.6. The number of alkyl halides is 1. The van der Waals surface area contributed by atoms with Gasteiger partial charge in [0.05, 0.1) is 70.9 Å². The van der Waals surface area contributed by atoms with Gasteiger partial charge in [0.1, 0.15) is 12.0 Å². The van der Waals surface area contributed by atoms with E-state index >= 15 is 4.39 Å². The van der Waals surface area contributed by atoms with Crippen LogP contribution in [0.1, 0.15) is 56.3 Å². The molecule has 15 heteroatoms. The van der Waals surface area contributed by atoms with E-state index in [0.29, 0.717) is 71.7 Å². The van der Waals surface area contributed by atoms with Gasteiger partial charge in [-0.25, -0.2) is 19.3 Å². The Morgan fingerprint density at radius 1 is 0.750 bits per heavy atom. The molecule has 0 spiro atoms. The first kappa shape index (κ1) is 44.9. The maximum absolute atomic E-state index is 16.8. The van der Waals surface area contributed by atoms with Gasteiger partial charge in [0.25, 0.3) is 5.56 Å². The number of rotatable bonds is 10. The number of aryl methyl sites for hydroxylation is 4. The summed E-state index contributed by atoms with van der Waals surface area (Å²) in [5, 5.41) is 26.2. The summed E-state index contributed by atoms with van der Waals surface area (Å²) in [7, 11) is 5.27. The number of pyridine rings is 3. The molecule has 0 saturated heterocycles. The van der Waals surface area contributed by atoms with Gasteiger partial charge in [-0.2, -0.15) is 0 Å². The molecule has 0 radical (unpaired) electrons. The lowest BCUT2D eigenvalue weighted by atomic mass is 9.86. The van der Waals surface area contributed by atoms with Gasteiger partial charge in [0, 0.05) is 60.3 Å². The molecule has 11 nitrogen and oxygen atoms in total. The fourth-order valence-corrected chi connectivity index (χ4v) is 9.85. The van der Waals surface area contributed by atoms with Crippen LogP contribution < -0.4 is 10.5 Å². The second kappa shape index (κ2) is 17.3. The molecule has 9 aromatic rings. The van der Waals surface area contributed by atoms with Gasteiger partial charge in [-0.3, -0.25) is 9.78 Å². The van der Waals surface area contributed by atoms with E-state index in [-0.39, 0.29) is 23.4 Å². The van der Waals surface area contributed by atoms with Crippen LogP contribution in [0.5, 0.6) is 0 Å². The van der Waals surface area contributed by atoms with Crippen molar-refractivity contribution in [3.63, 3.8) is 0 Å². The lowest BCUT2D eigenvalue weighted by Gasteiger charge is -2.36. The minimum atomic E-state index is -1.79. The standard InChI is InChI=1S/C53H42Cl3FN8O3/c1-31-6-5-7-32(20-31)40-24-50(67)65(43-18-19-45(61-51(40)43)52(56,47-26-58-29-62(47)2)35-10-14-37(54)15-11-35)28-34-9-8-33(21-42(34)57)39-23-49(66)64(4)44-25-60-46(22-41(39)44)53(68,48-27-59-30-63(48)3)36-12-16-38(55)17-13-36/h5-27,29-30,50,67-68H,28H2,1-4H3. The number of nitrogens with zero attached hydrogens (tertiary/aromatic N) is 8. The van der Waals surface area contributed by atoms with Crippen LogP contribution in [0.2, 0.25) is 10.0 Å². The van der Waals surface area contributed by atoms with Crippen LogP contribution in [0.4, 0.5) is 10.1 Å². The number of benzene rings is 4. The van der Waals surface area contributed by atoms with E-state index in [4.69, 9.17) is 44.8 Å². The Morgan fingerprint density at radius 3 is 2.07 bits per heavy atom. The number of fused-ring (bicyclic) bond motifs is 2. The number of halogens is 4. The van der Waals surface area contributed by atoms with E-state index in [1.54, 1.807) is 109 Å². The third kappa shape index (κ3) is 7.58. The van der Waals surface area contributed by atoms with Gasteiger partial charge in [-0.15, -0.1) is 11.6 Å². The molecule has 340 valence electrons. The minimum Gasteiger partial charge on any atom is -0.373 e. The van der Waals surface area contributed by atoms with E-state index < -0.39 is 22.5 Å². The first-order valence-electron chi connectivity index (χ1n) is 21.6. The third-order valence-corrected chi connectivity index (χ3v) is 13.9. The lowest BCUT2D eigenvalue weighted by Crippen LogP contribution is -2.37. The number of hydrogen-bond acceptors (Lipinski definition) is 8. The number of aliphatic hydroxyl groups excluding tert-OH is 1. The fourth-order valence-electron chi connectivity index (χ4n) is 9.19. The predicted molar refractivity (Wildman–Crippen MR) is 264 cm³/mol. The SMILES string of the molecule is Cc1cccc(C2=CC(O)N(Cc3ccc(-c4cc(=O)n(C)c5cnc(C(O)(c6ccc(Cl)cc6)c6cncn6C)cc45)cc3F)c3ccc(C(Cl)(c4ccc(Cl)cc4)c4cncn4C)nc32)c1. The zero-order valence-corrected chi connectivity index (χ0v) is 39.4. The van der Waals surface area contributed by atoms with Crippen LogP contribution in [0.15, 0.2) is 157 Å². The molecule has 68 heavy (non-hydrogen) atoms. The number of hydrogen-bond donors (Lipinski definition) is 2. The summed E-state index contributed by atoms with van der Waals surface area (Å²) in [5.41, 5.74) is 6.20. The molecule has 0 saturated carbocycles. The average Bonchev–Trinajstić information content (AvgIpc) is 3.99. The molecule has 0 bridgehead atoms. The highest BCUT2D eigenvalue weighted by molar-refractivity contribution is 6.31. The maximum Gasteiger partial charge on any atom is 0.251 e. The molecule has 4 aromatic carbocycles. The zero-order chi connectivity index (χ0) is 47.6. The van der Waals surface area contributed by atoms with Gasteiger partial charge >= 0.3 is 0 Å². The Hall–Kier alpha value is -6.93. The van der Waals surface area contributed by atoms with E-state index in [2.05, 4.69) is 9.97 Å². The zero-order valence-electron chi connectivity index (χ0n) is 37.1. The van der Waals surface area contributed by atoms with Crippen LogP contribution in [0.3, 0.4) is 0 Å². The van der Waals surface area contributed by atoms with Gasteiger partial charge in [0.2, 0.25) is 0 Å². The van der Waals surface area contributed by atoms with Gasteiger partial charge < -0.3 is 28.8 Å². The van der Waals surface area contributed by atoms with Crippen molar-refractivity contribution < 1.29 is 14.6 Å². The molecule has 1 aliphatic rings. The second-order valence-electron chi connectivity index (χ2n) is 17.1. The lowest BCUT2D eigenvalue weighted by molar-refractivity contribution is 0.113. The summed E-state index contributed by atoms with van der Waals surface area (Å²) in [4.78, 5) is 32.5. The summed E-state index contributed by atoms with van der Waals surface area (Å²) in [6, 6.07) is 33.6. The van der Waals surface area contributed by atoms with Crippen LogP contribution in [-0.2, 0) is 38.2 Å². The third-order valence-electron chi connectivity index (χ3n) is 12.8. The normalized spacial score (nSPS) is 15.5. The molecule has 1 aliphatic heterocycles. The first-order valence-corrected chi connectivity index (χ1v) is 22.7. The Balaban J connectivity index is 1.07. The largest absolute Gasteiger partial charge is 0.373 e. The van der Waals surface area contributed by atoms with E-state index in [1.165, 1.54) is 22.9 Å². The van der Waals surface area contributed by atoms with Crippen molar-refractivity contribution in [1.82, 2.24) is 33.6 Å². The maximum atomic E-state index is 16.8. The highest BCUT2D eigenvalue weighted by Gasteiger charge is 2.41. The van der Waals surface area contributed by atoms with Crippen molar-refractivity contribution in [2.75, 3.05) is 4.90 Å². The molecule has 3 unspecified atom stereocenters. The van der Waals surface area contributed by atoms with Crippen molar-refractivity contribution >= 4 is 57.0 Å². The smallest absolute Gasteiger partial charge is 0.251 e. The van der Waals surface area contributed by atoms with Crippen LogP contribution >= 0.6 is 34.8 Å². The Morgan fingerprint density at radius 2 is 1.43 bits per heavy atom. The molecule has 5 aromatic heterocycles. The highest BCUT2D eigenvalue weighted by Crippen LogP contribution is 2.46. The number of aliphatic hydroxyl groups is 2. The summed E-state index contributed by atoms with van der Waals surface area (Å²) in [5.74, 6) is -0.566. The molecule has 6 heterocycles. The molecule has 2 N–H and O–H groups in total. The summed E-state index contributed by atoms with van der Waals surface area (Å²) in [6.07, 6.45) is 8.61. The van der Waals surface area contributed by atoms with E-state index in [1.807, 2.05) is 67.1 Å². The average molecular weight is 964 g/mol. The van der Waals surface area contributed by atoms with Gasteiger partial charge in [0.15, 0.2) is 10.5 Å². The van der Waals surface area contributed by atoms with E-state index in [0.717, 1.165) is 16.7 Å². The van der Waals surface area contributed by atoms with Crippen molar-refractivity contribution in [3.8, 4) is 11.1 Å². The quantitative estimate of drug-likeness (QED) is 0.130. The summed E-state index contributed by atoms with van der Waals surface area (Å²) >= 11 is 20.4.